The molecule has 2 heterocycles. The molecule has 168 valence electrons. The van der Waals surface area contributed by atoms with Crippen LogP contribution in [0.4, 0.5) is 5.69 Å². The Kier molecular flexibility index (Phi) is 9.52. The van der Waals surface area contributed by atoms with Crippen molar-refractivity contribution in [1.82, 2.24) is 15.5 Å². The fourth-order valence-electron chi connectivity index (χ4n) is 3.81. The monoisotopic (exact) mass is 437 g/mol. The lowest BCUT2D eigenvalue weighted by atomic mass is 10.2. The first-order valence-electron chi connectivity index (χ1n) is 11.0. The number of hydrogen-bond acceptors (Lipinski definition) is 5. The minimum absolute atomic E-state index is 0.205. The van der Waals surface area contributed by atoms with E-state index in [1.807, 2.05) is 25.2 Å². The average molecular weight is 438 g/mol. The van der Waals surface area contributed by atoms with Gasteiger partial charge in [-0.1, -0.05) is 17.7 Å². The Bertz CT molecular complexity index is 661. The van der Waals surface area contributed by atoms with Gasteiger partial charge in [-0.15, -0.1) is 0 Å². The van der Waals surface area contributed by atoms with Crippen LogP contribution in [0.1, 0.15) is 19.8 Å². The number of nitrogens with zero attached hydrogens (tertiary/aromatic N) is 3. The summed E-state index contributed by atoms with van der Waals surface area (Å²) in [5.41, 5.74) is 1.22. The summed E-state index contributed by atoms with van der Waals surface area (Å²) in [5.74, 6) is 0.833. The molecule has 3 rings (SSSR count). The third-order valence-corrected chi connectivity index (χ3v) is 5.80. The first-order chi connectivity index (χ1) is 14.6. The van der Waals surface area contributed by atoms with Crippen LogP contribution in [0.3, 0.4) is 0 Å². The molecular weight excluding hydrogens is 402 g/mol. The SMILES string of the molecule is CN=C(NCCCN1CCN(c2cccc(Cl)c2)CC1)NC(C)COC1CCOC1. The van der Waals surface area contributed by atoms with E-state index in [2.05, 4.69) is 38.4 Å². The largest absolute Gasteiger partial charge is 0.379 e. The van der Waals surface area contributed by atoms with Gasteiger partial charge in [-0.3, -0.25) is 9.89 Å². The van der Waals surface area contributed by atoms with Gasteiger partial charge in [-0.05, 0) is 44.5 Å². The van der Waals surface area contributed by atoms with E-state index in [9.17, 15) is 0 Å². The van der Waals surface area contributed by atoms with Crippen molar-refractivity contribution in [3.05, 3.63) is 29.3 Å². The summed E-state index contributed by atoms with van der Waals surface area (Å²) in [6, 6.07) is 8.34. The summed E-state index contributed by atoms with van der Waals surface area (Å²) < 4.78 is 11.2. The van der Waals surface area contributed by atoms with E-state index < -0.39 is 0 Å². The highest BCUT2D eigenvalue weighted by Crippen LogP contribution is 2.20. The minimum Gasteiger partial charge on any atom is -0.379 e. The smallest absolute Gasteiger partial charge is 0.191 e. The third kappa shape index (κ3) is 7.61. The molecule has 2 fully saturated rings. The fraction of sp³-hybridized carbons (Fsp3) is 0.682. The first-order valence-corrected chi connectivity index (χ1v) is 11.4. The summed E-state index contributed by atoms with van der Waals surface area (Å²) in [5, 5.41) is 7.62. The van der Waals surface area contributed by atoms with E-state index >= 15 is 0 Å². The number of anilines is 1. The van der Waals surface area contributed by atoms with Gasteiger partial charge in [0.2, 0.25) is 0 Å². The summed E-state index contributed by atoms with van der Waals surface area (Å²) >= 11 is 6.12. The maximum atomic E-state index is 6.12. The van der Waals surface area contributed by atoms with Gasteiger partial charge in [0.1, 0.15) is 0 Å². The summed E-state index contributed by atoms with van der Waals surface area (Å²) in [7, 11) is 1.81. The van der Waals surface area contributed by atoms with Gasteiger partial charge in [0.05, 0.1) is 19.3 Å². The van der Waals surface area contributed by atoms with E-state index in [0.717, 1.165) is 69.7 Å². The zero-order valence-electron chi connectivity index (χ0n) is 18.3. The number of nitrogens with one attached hydrogen (secondary N) is 2. The molecule has 2 atom stereocenters. The van der Waals surface area contributed by atoms with Gasteiger partial charge in [-0.25, -0.2) is 0 Å². The molecule has 0 amide bonds. The zero-order chi connectivity index (χ0) is 21.2. The molecule has 0 spiro atoms. The average Bonchev–Trinajstić information content (AvgIpc) is 3.28. The Hall–Kier alpha value is -1.54. The number of aliphatic imine (C=N–C) groups is 1. The molecule has 0 radical (unpaired) electrons. The molecular formula is C22H36ClN5O2. The van der Waals surface area contributed by atoms with Crippen LogP contribution in [0.5, 0.6) is 0 Å². The van der Waals surface area contributed by atoms with E-state index in [0.29, 0.717) is 13.2 Å². The lowest BCUT2D eigenvalue weighted by Gasteiger charge is -2.36. The van der Waals surface area contributed by atoms with Crippen LogP contribution < -0.4 is 15.5 Å². The van der Waals surface area contributed by atoms with Gasteiger partial charge in [-0.2, -0.15) is 0 Å². The molecule has 2 N–H and O–H groups in total. The number of halogens is 1. The van der Waals surface area contributed by atoms with E-state index in [1.165, 1.54) is 5.69 Å². The Balaban J connectivity index is 1.27. The number of ether oxygens (including phenoxy) is 2. The van der Waals surface area contributed by atoms with Crippen LogP contribution in [0.2, 0.25) is 5.02 Å². The zero-order valence-corrected chi connectivity index (χ0v) is 19.0. The van der Waals surface area contributed by atoms with E-state index in [1.54, 1.807) is 0 Å². The Morgan fingerprint density at radius 2 is 2.17 bits per heavy atom. The van der Waals surface area contributed by atoms with Gasteiger partial charge in [0, 0.05) is 63.1 Å². The molecule has 1 aromatic carbocycles. The second kappa shape index (κ2) is 12.3. The van der Waals surface area contributed by atoms with Crippen molar-refractivity contribution in [2.45, 2.75) is 31.9 Å². The highest BCUT2D eigenvalue weighted by molar-refractivity contribution is 6.30. The number of rotatable bonds is 9. The molecule has 0 saturated carbocycles. The highest BCUT2D eigenvalue weighted by atomic mass is 35.5. The Labute approximate surface area is 185 Å². The van der Waals surface area contributed by atoms with Crippen molar-refractivity contribution in [2.24, 2.45) is 4.99 Å². The normalized spacial score (nSPS) is 21.6. The summed E-state index contributed by atoms with van der Waals surface area (Å²) in [4.78, 5) is 9.26. The van der Waals surface area contributed by atoms with Gasteiger partial charge >= 0.3 is 0 Å². The molecule has 2 aliphatic rings. The molecule has 0 bridgehead atoms. The van der Waals surface area contributed by atoms with Crippen molar-refractivity contribution < 1.29 is 9.47 Å². The quantitative estimate of drug-likeness (QED) is 0.351. The molecule has 7 nitrogen and oxygen atoms in total. The van der Waals surface area contributed by atoms with E-state index in [4.69, 9.17) is 21.1 Å². The van der Waals surface area contributed by atoms with Crippen LogP contribution in [-0.4, -0.2) is 89.1 Å². The molecule has 2 unspecified atom stereocenters. The predicted molar refractivity (Wildman–Crippen MR) is 124 cm³/mol. The van der Waals surface area contributed by atoms with Crippen LogP contribution in [0, 0.1) is 0 Å². The standard InChI is InChI=1S/C22H36ClN5O2/c1-18(16-30-21-7-14-29-17-21)26-22(24-2)25-8-4-9-27-10-12-28(13-11-27)20-6-3-5-19(23)15-20/h3,5-6,15,18,21H,4,7-14,16-17H2,1-2H3,(H2,24,25,26). The molecule has 0 aromatic heterocycles. The number of hydrogen-bond donors (Lipinski definition) is 2. The highest BCUT2D eigenvalue weighted by Gasteiger charge is 2.18. The van der Waals surface area contributed by atoms with Crippen molar-refractivity contribution in [2.75, 3.05) is 71.0 Å². The van der Waals surface area contributed by atoms with Crippen LogP contribution in [-0.2, 0) is 9.47 Å². The van der Waals surface area contributed by atoms with Crippen LogP contribution in [0.25, 0.3) is 0 Å². The second-order valence-electron chi connectivity index (χ2n) is 8.03. The lowest BCUT2D eigenvalue weighted by Crippen LogP contribution is -2.48. The topological polar surface area (TPSA) is 61.4 Å². The minimum atomic E-state index is 0.205. The van der Waals surface area contributed by atoms with Gasteiger partial charge in [0.15, 0.2) is 5.96 Å². The third-order valence-electron chi connectivity index (χ3n) is 5.57. The number of guanidine groups is 1. The number of benzene rings is 1. The molecule has 1 aromatic rings. The van der Waals surface area contributed by atoms with Gasteiger partial charge < -0.3 is 25.0 Å². The van der Waals surface area contributed by atoms with Crippen LogP contribution >= 0.6 is 11.6 Å². The second-order valence-corrected chi connectivity index (χ2v) is 8.46. The van der Waals surface area contributed by atoms with Gasteiger partial charge in [0.25, 0.3) is 0 Å². The van der Waals surface area contributed by atoms with Crippen molar-refractivity contribution >= 4 is 23.2 Å². The van der Waals surface area contributed by atoms with Crippen molar-refractivity contribution in [3.8, 4) is 0 Å². The molecule has 8 heteroatoms. The summed E-state index contributed by atoms with van der Waals surface area (Å²) in [6.07, 6.45) is 2.32. The predicted octanol–water partition coefficient (Wildman–Crippen LogP) is 2.21. The van der Waals surface area contributed by atoms with E-state index in [-0.39, 0.29) is 12.1 Å². The van der Waals surface area contributed by atoms with Crippen LogP contribution in [0.15, 0.2) is 29.3 Å². The Morgan fingerprint density at radius 1 is 1.33 bits per heavy atom. The van der Waals surface area contributed by atoms with Crippen molar-refractivity contribution in [1.29, 1.82) is 0 Å². The molecule has 30 heavy (non-hydrogen) atoms. The maximum Gasteiger partial charge on any atom is 0.191 e. The molecule has 0 aliphatic carbocycles. The number of piperazine rings is 1. The summed E-state index contributed by atoms with van der Waals surface area (Å²) in [6.45, 7) is 10.5. The fourth-order valence-corrected chi connectivity index (χ4v) is 3.99. The Morgan fingerprint density at radius 3 is 2.87 bits per heavy atom. The lowest BCUT2D eigenvalue weighted by molar-refractivity contribution is 0.0347. The molecule has 2 saturated heterocycles. The maximum absolute atomic E-state index is 6.12. The molecule has 2 aliphatic heterocycles. The van der Waals surface area contributed by atoms with Crippen molar-refractivity contribution in [3.63, 3.8) is 0 Å². The first kappa shape index (κ1) is 23.1.